The van der Waals surface area contributed by atoms with Crippen molar-refractivity contribution in [2.75, 3.05) is 25.6 Å². The van der Waals surface area contributed by atoms with Gasteiger partial charge in [-0.3, -0.25) is 9.78 Å². The zero-order valence-corrected chi connectivity index (χ0v) is 11.0. The molecule has 0 saturated carbocycles. The highest BCUT2D eigenvalue weighted by molar-refractivity contribution is 5.69. The first-order valence-electron chi connectivity index (χ1n) is 5.85. The average molecular weight is 281 g/mol. The van der Waals surface area contributed by atoms with Gasteiger partial charge in [0.15, 0.2) is 11.2 Å². The third-order valence-corrected chi connectivity index (χ3v) is 2.70. The van der Waals surface area contributed by atoms with Gasteiger partial charge >= 0.3 is 0 Å². The van der Waals surface area contributed by atoms with Gasteiger partial charge in [0.1, 0.15) is 12.2 Å². The van der Waals surface area contributed by atoms with Crippen LogP contribution in [-0.4, -0.2) is 62.1 Å². The van der Waals surface area contributed by atoms with Crippen LogP contribution in [0.3, 0.4) is 0 Å². The summed E-state index contributed by atoms with van der Waals surface area (Å²) in [6.45, 7) is -0.630. The minimum atomic E-state index is -1.43. The fraction of sp³-hybridized carbons (Fsp3) is 0.455. The number of hydrogen-bond acceptors (Lipinski definition) is 8. The number of aromatic amines is 1. The van der Waals surface area contributed by atoms with Gasteiger partial charge in [0.05, 0.1) is 18.5 Å². The molecular formula is C11H15N5O4. The van der Waals surface area contributed by atoms with Crippen molar-refractivity contribution in [1.82, 2.24) is 19.9 Å². The lowest BCUT2D eigenvalue weighted by Gasteiger charge is -2.15. The quantitative estimate of drug-likeness (QED) is 0.513. The van der Waals surface area contributed by atoms with Crippen LogP contribution in [0.15, 0.2) is 11.0 Å². The zero-order valence-electron chi connectivity index (χ0n) is 11.0. The van der Waals surface area contributed by atoms with Crippen molar-refractivity contribution in [3.05, 3.63) is 22.2 Å². The number of fused-ring (bicyclic) bond motifs is 1. The molecule has 0 radical (unpaired) electrons. The summed E-state index contributed by atoms with van der Waals surface area (Å²) in [5.74, 6) is 0.334. The predicted molar refractivity (Wildman–Crippen MR) is 70.3 cm³/mol. The highest BCUT2D eigenvalue weighted by Gasteiger charge is 2.20. The number of aliphatic hydroxyl groups excluding tert-OH is 3. The minimum Gasteiger partial charge on any atom is -0.394 e. The van der Waals surface area contributed by atoms with Crippen LogP contribution in [0.5, 0.6) is 0 Å². The first kappa shape index (κ1) is 14.3. The molecule has 0 saturated heterocycles. The molecule has 0 aromatic carbocycles. The lowest BCUT2D eigenvalue weighted by atomic mass is 10.1. The van der Waals surface area contributed by atoms with Gasteiger partial charge in [0.25, 0.3) is 5.56 Å². The highest BCUT2D eigenvalue weighted by Crippen LogP contribution is 2.15. The molecule has 0 aliphatic rings. The molecule has 0 aliphatic heterocycles. The summed E-state index contributed by atoms with van der Waals surface area (Å²) in [6.07, 6.45) is -1.61. The summed E-state index contributed by atoms with van der Waals surface area (Å²) in [7, 11) is 3.43. The summed E-state index contributed by atoms with van der Waals surface area (Å²) < 4.78 is 0. The van der Waals surface area contributed by atoms with E-state index in [9.17, 15) is 15.0 Å². The SMILES string of the molecule is CN(C)c1nc2ncc([C@H](O)[C@@H](O)CO)nc2c(=O)[nH]1. The first-order chi connectivity index (χ1) is 9.43. The van der Waals surface area contributed by atoms with Gasteiger partial charge in [-0.05, 0) is 0 Å². The third kappa shape index (κ3) is 2.59. The molecule has 0 aliphatic carbocycles. The average Bonchev–Trinajstić information content (AvgIpc) is 2.45. The van der Waals surface area contributed by atoms with E-state index in [4.69, 9.17) is 5.11 Å². The fourth-order valence-electron chi connectivity index (χ4n) is 1.57. The number of H-pyrrole nitrogens is 1. The number of nitrogens with zero attached hydrogens (tertiary/aromatic N) is 4. The fourth-order valence-corrected chi connectivity index (χ4v) is 1.57. The molecule has 9 nitrogen and oxygen atoms in total. The van der Waals surface area contributed by atoms with E-state index in [0.717, 1.165) is 0 Å². The van der Waals surface area contributed by atoms with Crippen molar-refractivity contribution in [2.45, 2.75) is 12.2 Å². The van der Waals surface area contributed by atoms with Crippen LogP contribution in [-0.2, 0) is 0 Å². The molecule has 0 unspecified atom stereocenters. The Hall–Kier alpha value is -2.10. The summed E-state index contributed by atoms with van der Waals surface area (Å²) in [6, 6.07) is 0. The number of aromatic nitrogens is 4. The molecule has 2 atom stereocenters. The summed E-state index contributed by atoms with van der Waals surface area (Å²) in [5, 5.41) is 27.9. The molecule has 108 valence electrons. The van der Waals surface area contributed by atoms with Crippen molar-refractivity contribution in [3.63, 3.8) is 0 Å². The molecule has 2 aromatic heterocycles. The number of nitrogens with one attached hydrogen (secondary N) is 1. The lowest BCUT2D eigenvalue weighted by molar-refractivity contribution is -0.0173. The number of anilines is 1. The van der Waals surface area contributed by atoms with E-state index in [1.807, 2.05) is 0 Å². The van der Waals surface area contributed by atoms with Crippen molar-refractivity contribution >= 4 is 17.1 Å². The lowest BCUT2D eigenvalue weighted by Crippen LogP contribution is -2.24. The van der Waals surface area contributed by atoms with E-state index in [1.165, 1.54) is 6.20 Å². The number of aliphatic hydroxyl groups is 3. The van der Waals surface area contributed by atoms with Crippen LogP contribution in [0.2, 0.25) is 0 Å². The normalized spacial score (nSPS) is 14.2. The standard InChI is InChI=1S/C11H15N5O4/c1-16(2)11-14-9-7(10(20)15-11)13-5(3-12-9)8(19)6(18)4-17/h3,6,8,17-19H,4H2,1-2H3,(H,12,14,15,20)/t6-,8-/m0/s1. The Labute approximate surface area is 113 Å². The van der Waals surface area contributed by atoms with Gasteiger partial charge < -0.3 is 20.2 Å². The van der Waals surface area contributed by atoms with Gasteiger partial charge in [-0.15, -0.1) is 0 Å². The zero-order chi connectivity index (χ0) is 14.9. The van der Waals surface area contributed by atoms with Crippen LogP contribution in [0.1, 0.15) is 11.8 Å². The topological polar surface area (TPSA) is 135 Å². The van der Waals surface area contributed by atoms with Crippen LogP contribution in [0.4, 0.5) is 5.95 Å². The van der Waals surface area contributed by atoms with Crippen molar-refractivity contribution in [3.8, 4) is 0 Å². The highest BCUT2D eigenvalue weighted by atomic mass is 16.4. The second kappa shape index (κ2) is 5.49. The summed E-state index contributed by atoms with van der Waals surface area (Å²) >= 11 is 0. The molecule has 2 heterocycles. The first-order valence-corrected chi connectivity index (χ1v) is 5.85. The Bertz CT molecular complexity index is 671. The van der Waals surface area contributed by atoms with E-state index < -0.39 is 24.4 Å². The molecule has 0 bridgehead atoms. The number of rotatable bonds is 4. The molecule has 20 heavy (non-hydrogen) atoms. The second-order valence-corrected chi connectivity index (χ2v) is 4.45. The largest absolute Gasteiger partial charge is 0.394 e. The summed E-state index contributed by atoms with van der Waals surface area (Å²) in [5.41, 5.74) is -0.424. The Morgan fingerprint density at radius 1 is 1.35 bits per heavy atom. The molecule has 2 rings (SSSR count). The van der Waals surface area contributed by atoms with Crippen LogP contribution in [0, 0.1) is 0 Å². The number of hydrogen-bond donors (Lipinski definition) is 4. The van der Waals surface area contributed by atoms with Gasteiger partial charge in [0.2, 0.25) is 5.95 Å². The van der Waals surface area contributed by atoms with E-state index >= 15 is 0 Å². The van der Waals surface area contributed by atoms with Gasteiger partial charge in [-0.25, -0.2) is 9.97 Å². The molecule has 0 amide bonds. The van der Waals surface area contributed by atoms with Crippen LogP contribution >= 0.6 is 0 Å². The molecular weight excluding hydrogens is 266 g/mol. The van der Waals surface area contributed by atoms with Gasteiger partial charge in [-0.1, -0.05) is 0 Å². The molecule has 9 heteroatoms. The van der Waals surface area contributed by atoms with Crippen LogP contribution < -0.4 is 10.5 Å². The minimum absolute atomic E-state index is 0.0102. The third-order valence-electron chi connectivity index (χ3n) is 2.70. The van der Waals surface area contributed by atoms with E-state index in [0.29, 0.717) is 5.95 Å². The predicted octanol–water partition coefficient (Wildman–Crippen LogP) is -1.83. The van der Waals surface area contributed by atoms with Crippen LogP contribution in [0.25, 0.3) is 11.2 Å². The van der Waals surface area contributed by atoms with Crippen molar-refractivity contribution < 1.29 is 15.3 Å². The maximum Gasteiger partial charge on any atom is 0.280 e. The van der Waals surface area contributed by atoms with Gasteiger partial charge in [-0.2, -0.15) is 4.98 Å². The molecule has 4 N–H and O–H groups in total. The van der Waals surface area contributed by atoms with Crippen molar-refractivity contribution in [2.24, 2.45) is 0 Å². The Balaban J connectivity index is 2.53. The summed E-state index contributed by atoms with van der Waals surface area (Å²) in [4.78, 5) is 28.0. The molecule has 0 spiro atoms. The van der Waals surface area contributed by atoms with E-state index in [2.05, 4.69) is 19.9 Å². The molecule has 0 fully saturated rings. The maximum absolute atomic E-state index is 11.9. The Morgan fingerprint density at radius 3 is 2.65 bits per heavy atom. The molecule has 2 aromatic rings. The Kier molecular flexibility index (Phi) is 3.93. The Morgan fingerprint density at radius 2 is 2.05 bits per heavy atom. The monoisotopic (exact) mass is 281 g/mol. The van der Waals surface area contributed by atoms with E-state index in [-0.39, 0.29) is 16.9 Å². The maximum atomic E-state index is 11.9. The van der Waals surface area contributed by atoms with Gasteiger partial charge in [0, 0.05) is 14.1 Å². The smallest absolute Gasteiger partial charge is 0.280 e. The van der Waals surface area contributed by atoms with E-state index in [1.54, 1.807) is 19.0 Å². The second-order valence-electron chi connectivity index (χ2n) is 4.45. The van der Waals surface area contributed by atoms with Crippen molar-refractivity contribution in [1.29, 1.82) is 0 Å².